The van der Waals surface area contributed by atoms with E-state index in [0.717, 1.165) is 72.8 Å². The third kappa shape index (κ3) is 5.01. The highest BCUT2D eigenvalue weighted by Crippen LogP contribution is 2.59. The van der Waals surface area contributed by atoms with Gasteiger partial charge in [-0.25, -0.2) is 0 Å². The highest BCUT2D eigenvalue weighted by molar-refractivity contribution is 6.09. The molecule has 10 aromatic rings. The van der Waals surface area contributed by atoms with Gasteiger partial charge in [0.15, 0.2) is 11.5 Å². The molecule has 59 heavy (non-hydrogen) atoms. The molecule has 1 atom stereocenters. The number of hydrogen-bond acceptors (Lipinski definition) is 3. The maximum atomic E-state index is 6.66. The number of nitrogens with zero attached hydrogens (tertiary/aromatic N) is 1. The summed E-state index contributed by atoms with van der Waals surface area (Å²) in [5, 5.41) is 2.29. The summed E-state index contributed by atoms with van der Waals surface area (Å²) >= 11 is 0. The second kappa shape index (κ2) is 13.0. The fourth-order valence-electron chi connectivity index (χ4n) is 9.77. The molecule has 1 aliphatic heterocycles. The first-order valence-electron chi connectivity index (χ1n) is 20.2. The lowest BCUT2D eigenvalue weighted by Gasteiger charge is -2.36. The molecular formula is C56H37NO2. The monoisotopic (exact) mass is 755 g/mol. The Hall–Kier alpha value is -7.62. The van der Waals surface area contributed by atoms with Crippen molar-refractivity contribution in [2.75, 3.05) is 4.90 Å². The van der Waals surface area contributed by atoms with Gasteiger partial charge in [0.05, 0.1) is 16.8 Å². The van der Waals surface area contributed by atoms with Gasteiger partial charge in [-0.2, -0.15) is 0 Å². The lowest BCUT2D eigenvalue weighted by molar-refractivity contribution is 0.477. The number of anilines is 3. The molecule has 0 bridgehead atoms. The zero-order valence-corrected chi connectivity index (χ0v) is 32.4. The molecule has 278 valence electrons. The number of hydrogen-bond donors (Lipinski definition) is 0. The Labute approximate surface area is 343 Å². The van der Waals surface area contributed by atoms with Crippen LogP contribution in [-0.4, -0.2) is 0 Å². The highest BCUT2D eigenvalue weighted by Gasteiger charge is 2.46. The van der Waals surface area contributed by atoms with Crippen molar-refractivity contribution in [3.8, 4) is 44.9 Å². The second-order valence-corrected chi connectivity index (χ2v) is 15.7. The van der Waals surface area contributed by atoms with Gasteiger partial charge in [-0.05, 0) is 106 Å². The molecule has 0 saturated carbocycles. The van der Waals surface area contributed by atoms with Crippen LogP contribution in [0.4, 0.5) is 17.1 Å². The van der Waals surface area contributed by atoms with Crippen molar-refractivity contribution in [1.29, 1.82) is 0 Å². The van der Waals surface area contributed by atoms with E-state index in [1.54, 1.807) is 0 Å². The molecule has 0 amide bonds. The van der Waals surface area contributed by atoms with E-state index in [1.807, 2.05) is 6.07 Å². The number of rotatable bonds is 5. The normalized spacial score (nSPS) is 15.0. The van der Waals surface area contributed by atoms with Crippen molar-refractivity contribution >= 4 is 39.0 Å². The van der Waals surface area contributed by atoms with Gasteiger partial charge in [-0.15, -0.1) is 0 Å². The summed E-state index contributed by atoms with van der Waals surface area (Å²) in [6.07, 6.45) is 0. The lowest BCUT2D eigenvalue weighted by atomic mass is 9.67. The van der Waals surface area contributed by atoms with Crippen LogP contribution in [0, 0.1) is 6.92 Å². The second-order valence-electron chi connectivity index (χ2n) is 15.7. The zero-order chi connectivity index (χ0) is 39.1. The molecule has 1 unspecified atom stereocenters. The number of para-hydroxylation sites is 3. The Balaban J connectivity index is 1.06. The molecule has 3 heteroatoms. The summed E-state index contributed by atoms with van der Waals surface area (Å²) in [6.45, 7) is 2.13. The summed E-state index contributed by atoms with van der Waals surface area (Å²) in [7, 11) is 0. The Morgan fingerprint density at radius 1 is 0.424 bits per heavy atom. The third-order valence-electron chi connectivity index (χ3n) is 12.4. The smallest absolute Gasteiger partial charge is 0.152 e. The molecule has 1 aliphatic carbocycles. The molecule has 2 heterocycles. The van der Waals surface area contributed by atoms with Gasteiger partial charge in [0.25, 0.3) is 0 Å². The van der Waals surface area contributed by atoms with Crippen molar-refractivity contribution in [1.82, 2.24) is 0 Å². The van der Waals surface area contributed by atoms with Crippen LogP contribution < -0.4 is 9.64 Å². The first-order chi connectivity index (χ1) is 29.1. The topological polar surface area (TPSA) is 25.6 Å². The predicted octanol–water partition coefficient (Wildman–Crippen LogP) is 15.2. The zero-order valence-electron chi connectivity index (χ0n) is 32.4. The molecule has 0 saturated heterocycles. The summed E-state index contributed by atoms with van der Waals surface area (Å²) in [4.78, 5) is 2.36. The van der Waals surface area contributed by atoms with E-state index in [1.165, 1.54) is 38.9 Å². The van der Waals surface area contributed by atoms with Crippen LogP contribution in [0.1, 0.15) is 27.8 Å². The van der Waals surface area contributed by atoms with Crippen LogP contribution >= 0.6 is 0 Å². The minimum atomic E-state index is -0.587. The first-order valence-corrected chi connectivity index (χ1v) is 20.2. The molecule has 12 rings (SSSR count). The van der Waals surface area contributed by atoms with Crippen LogP contribution in [0.2, 0.25) is 0 Å². The Kier molecular flexibility index (Phi) is 7.36. The number of aryl methyl sites for hydroxylation is 1. The number of ether oxygens (including phenoxy) is 1. The fraction of sp³-hybridized carbons (Fsp3) is 0.0357. The number of fused-ring (bicyclic) bond motifs is 8. The van der Waals surface area contributed by atoms with E-state index in [4.69, 9.17) is 9.15 Å². The van der Waals surface area contributed by atoms with E-state index in [9.17, 15) is 0 Å². The fourth-order valence-corrected chi connectivity index (χ4v) is 9.77. The van der Waals surface area contributed by atoms with Crippen molar-refractivity contribution in [2.45, 2.75) is 12.3 Å². The van der Waals surface area contributed by atoms with Gasteiger partial charge in [0.1, 0.15) is 11.2 Å². The minimum Gasteiger partial charge on any atom is -0.455 e. The summed E-state index contributed by atoms with van der Waals surface area (Å²) < 4.78 is 13.2. The van der Waals surface area contributed by atoms with E-state index in [0.29, 0.717) is 0 Å². The van der Waals surface area contributed by atoms with Crippen LogP contribution in [0.25, 0.3) is 55.3 Å². The third-order valence-corrected chi connectivity index (χ3v) is 12.4. The van der Waals surface area contributed by atoms with Crippen molar-refractivity contribution in [3.63, 3.8) is 0 Å². The van der Waals surface area contributed by atoms with Crippen LogP contribution in [0.3, 0.4) is 0 Å². The SMILES string of the molecule is Cc1ccc2oc3c(-c4ccc(C5(c6ccccc6)c6ccccc6-c6ccc(N7c8ccccc8Oc8cc(-c9ccccc9)ccc87)cc65)cc4)cccc3c2c1. The lowest BCUT2D eigenvalue weighted by Crippen LogP contribution is -2.29. The van der Waals surface area contributed by atoms with Crippen LogP contribution in [0.5, 0.6) is 11.5 Å². The Morgan fingerprint density at radius 2 is 1.12 bits per heavy atom. The molecule has 1 aromatic heterocycles. The van der Waals surface area contributed by atoms with Crippen LogP contribution in [-0.2, 0) is 5.41 Å². The largest absolute Gasteiger partial charge is 0.455 e. The molecule has 0 N–H and O–H groups in total. The highest BCUT2D eigenvalue weighted by atomic mass is 16.5. The maximum absolute atomic E-state index is 6.66. The molecule has 3 nitrogen and oxygen atoms in total. The van der Waals surface area contributed by atoms with Crippen molar-refractivity contribution in [3.05, 3.63) is 234 Å². The maximum Gasteiger partial charge on any atom is 0.152 e. The van der Waals surface area contributed by atoms with Gasteiger partial charge in [0.2, 0.25) is 0 Å². The Morgan fingerprint density at radius 3 is 1.98 bits per heavy atom. The summed E-state index contributed by atoms with van der Waals surface area (Å²) in [5.74, 6) is 1.65. The standard InChI is InChI=1S/C56H37NO2/c1-36-23-32-52-47(33-36)46-19-12-18-43(55(46)59-52)38-24-27-41(28-25-38)56(40-15-6-3-7-16-40)48-20-9-8-17-44(48)45-30-29-42(35-49(45)56)57-50-21-10-11-22-53(50)58-54-34-39(26-31-51(54)57)37-13-4-2-5-14-37/h2-35H,1H3. The van der Waals surface area contributed by atoms with Gasteiger partial charge in [0, 0.05) is 22.0 Å². The average Bonchev–Trinajstić information content (AvgIpc) is 3.82. The number of furan rings is 1. The van der Waals surface area contributed by atoms with E-state index in [2.05, 4.69) is 212 Å². The average molecular weight is 756 g/mol. The molecule has 9 aromatic carbocycles. The van der Waals surface area contributed by atoms with Gasteiger partial charge in [-0.3, -0.25) is 0 Å². The van der Waals surface area contributed by atoms with E-state index < -0.39 is 5.41 Å². The van der Waals surface area contributed by atoms with E-state index in [-0.39, 0.29) is 0 Å². The molecular weight excluding hydrogens is 719 g/mol. The van der Waals surface area contributed by atoms with Crippen LogP contribution in [0.15, 0.2) is 211 Å². The summed E-state index contributed by atoms with van der Waals surface area (Å²) in [5.41, 5.74) is 17.5. The molecule has 0 spiro atoms. The molecule has 0 radical (unpaired) electrons. The molecule has 2 aliphatic rings. The van der Waals surface area contributed by atoms with Gasteiger partial charge in [-0.1, -0.05) is 163 Å². The van der Waals surface area contributed by atoms with Crippen molar-refractivity contribution < 1.29 is 9.15 Å². The van der Waals surface area contributed by atoms with E-state index >= 15 is 0 Å². The Bertz CT molecular complexity index is 3260. The minimum absolute atomic E-state index is 0.587. The van der Waals surface area contributed by atoms with Crippen molar-refractivity contribution in [2.24, 2.45) is 0 Å². The molecule has 0 fully saturated rings. The predicted molar refractivity (Wildman–Crippen MR) is 241 cm³/mol. The first kappa shape index (κ1) is 33.5. The van der Waals surface area contributed by atoms with Gasteiger partial charge < -0.3 is 14.1 Å². The number of benzene rings is 9. The van der Waals surface area contributed by atoms with Gasteiger partial charge >= 0.3 is 0 Å². The quantitative estimate of drug-likeness (QED) is 0.175. The summed E-state index contributed by atoms with van der Waals surface area (Å²) in [6, 6.07) is 74.5.